The standard InChI is InChI=1S/C11H18N8O/c1-6(10-7(2)15-18(4)8(10)3)13-9(20)5-19-11(12)14-16-17-19/h6H,5H2,1-4H3,(H,13,20)(H2,12,14,17)/t6-/m1/s1. The topological polar surface area (TPSA) is 117 Å². The van der Waals surface area contributed by atoms with Crippen LogP contribution in [0.5, 0.6) is 0 Å². The van der Waals surface area contributed by atoms with E-state index < -0.39 is 0 Å². The average molecular weight is 278 g/mol. The summed E-state index contributed by atoms with van der Waals surface area (Å²) in [4.78, 5) is 12.0. The third-order valence-electron chi connectivity index (χ3n) is 3.23. The molecule has 2 rings (SSSR count). The number of hydrogen-bond donors (Lipinski definition) is 2. The highest BCUT2D eigenvalue weighted by Gasteiger charge is 2.18. The highest BCUT2D eigenvalue weighted by atomic mass is 16.2. The smallest absolute Gasteiger partial charge is 0.242 e. The zero-order valence-corrected chi connectivity index (χ0v) is 12.0. The number of amides is 1. The summed E-state index contributed by atoms with van der Waals surface area (Å²) in [6, 6.07) is -0.145. The molecule has 1 atom stereocenters. The van der Waals surface area contributed by atoms with Crippen molar-refractivity contribution in [1.82, 2.24) is 35.3 Å². The second-order valence-corrected chi connectivity index (χ2v) is 4.69. The number of nitrogens with one attached hydrogen (secondary N) is 1. The van der Waals surface area contributed by atoms with Crippen molar-refractivity contribution in [3.8, 4) is 0 Å². The van der Waals surface area contributed by atoms with Crippen molar-refractivity contribution in [3.63, 3.8) is 0 Å². The maximum atomic E-state index is 12.0. The van der Waals surface area contributed by atoms with E-state index in [1.54, 1.807) is 4.68 Å². The molecule has 0 aromatic carbocycles. The van der Waals surface area contributed by atoms with Gasteiger partial charge in [-0.2, -0.15) is 5.10 Å². The van der Waals surface area contributed by atoms with Gasteiger partial charge in [-0.1, -0.05) is 5.10 Å². The molecular weight excluding hydrogens is 260 g/mol. The molecule has 0 bridgehead atoms. The summed E-state index contributed by atoms with van der Waals surface area (Å²) < 4.78 is 3.04. The Morgan fingerprint density at radius 1 is 1.45 bits per heavy atom. The van der Waals surface area contributed by atoms with Crippen LogP contribution in [0.3, 0.4) is 0 Å². The largest absolute Gasteiger partial charge is 0.367 e. The first-order chi connectivity index (χ1) is 9.40. The summed E-state index contributed by atoms with van der Waals surface area (Å²) in [5, 5.41) is 17.8. The molecule has 0 aliphatic heterocycles. The lowest BCUT2D eigenvalue weighted by molar-refractivity contribution is -0.122. The van der Waals surface area contributed by atoms with E-state index >= 15 is 0 Å². The normalized spacial score (nSPS) is 12.4. The Bertz CT molecular complexity index is 628. The van der Waals surface area contributed by atoms with Gasteiger partial charge in [0.1, 0.15) is 6.54 Å². The molecule has 0 fully saturated rings. The van der Waals surface area contributed by atoms with Crippen LogP contribution in [-0.2, 0) is 18.4 Å². The van der Waals surface area contributed by atoms with E-state index in [4.69, 9.17) is 5.73 Å². The van der Waals surface area contributed by atoms with Crippen LogP contribution < -0.4 is 11.1 Å². The number of anilines is 1. The molecule has 0 unspecified atom stereocenters. The summed E-state index contributed by atoms with van der Waals surface area (Å²) in [7, 11) is 1.88. The van der Waals surface area contributed by atoms with E-state index in [9.17, 15) is 4.79 Å². The van der Waals surface area contributed by atoms with E-state index in [0.29, 0.717) is 0 Å². The highest BCUT2D eigenvalue weighted by Crippen LogP contribution is 2.20. The Hall–Kier alpha value is -2.45. The van der Waals surface area contributed by atoms with E-state index in [-0.39, 0.29) is 24.4 Å². The lowest BCUT2D eigenvalue weighted by Gasteiger charge is -2.14. The van der Waals surface area contributed by atoms with E-state index in [0.717, 1.165) is 17.0 Å². The number of hydrogen-bond acceptors (Lipinski definition) is 6. The predicted molar refractivity (Wildman–Crippen MR) is 71.5 cm³/mol. The second-order valence-electron chi connectivity index (χ2n) is 4.69. The van der Waals surface area contributed by atoms with Crippen LogP contribution in [0.25, 0.3) is 0 Å². The van der Waals surface area contributed by atoms with Crippen molar-refractivity contribution in [3.05, 3.63) is 17.0 Å². The first-order valence-electron chi connectivity index (χ1n) is 6.21. The van der Waals surface area contributed by atoms with Crippen molar-refractivity contribution in [2.75, 3.05) is 5.73 Å². The van der Waals surface area contributed by atoms with Gasteiger partial charge in [-0.05, 0) is 31.2 Å². The van der Waals surface area contributed by atoms with Crippen molar-refractivity contribution in [2.24, 2.45) is 7.05 Å². The number of nitrogen functional groups attached to an aromatic ring is 1. The maximum Gasteiger partial charge on any atom is 0.242 e. The quantitative estimate of drug-likeness (QED) is 0.777. The van der Waals surface area contributed by atoms with Crippen LogP contribution in [0.15, 0.2) is 0 Å². The molecule has 3 N–H and O–H groups in total. The fourth-order valence-corrected chi connectivity index (χ4v) is 2.24. The number of nitrogens with zero attached hydrogens (tertiary/aromatic N) is 6. The Morgan fingerprint density at radius 2 is 2.15 bits per heavy atom. The van der Waals surface area contributed by atoms with Gasteiger partial charge in [0.05, 0.1) is 11.7 Å². The minimum absolute atomic E-state index is 0.0124. The molecule has 9 heteroatoms. The van der Waals surface area contributed by atoms with Crippen LogP contribution in [-0.4, -0.2) is 35.9 Å². The van der Waals surface area contributed by atoms with Gasteiger partial charge in [-0.15, -0.1) is 0 Å². The number of nitrogens with two attached hydrogens (primary N) is 1. The van der Waals surface area contributed by atoms with Crippen LogP contribution in [0.2, 0.25) is 0 Å². The predicted octanol–water partition coefficient (Wildman–Crippen LogP) is -0.517. The third-order valence-corrected chi connectivity index (χ3v) is 3.23. The van der Waals surface area contributed by atoms with E-state index in [1.807, 2.05) is 27.8 Å². The van der Waals surface area contributed by atoms with Gasteiger partial charge in [0.15, 0.2) is 0 Å². The zero-order chi connectivity index (χ0) is 14.9. The molecule has 2 aromatic heterocycles. The number of carbonyl (C=O) groups is 1. The van der Waals surface area contributed by atoms with Gasteiger partial charge in [-0.25, -0.2) is 4.68 Å². The van der Waals surface area contributed by atoms with E-state index in [2.05, 4.69) is 25.9 Å². The van der Waals surface area contributed by atoms with Crippen LogP contribution in [0, 0.1) is 13.8 Å². The molecule has 2 aromatic rings. The minimum atomic E-state index is -0.209. The van der Waals surface area contributed by atoms with Gasteiger partial charge in [0, 0.05) is 18.3 Å². The van der Waals surface area contributed by atoms with Crippen molar-refractivity contribution in [2.45, 2.75) is 33.4 Å². The van der Waals surface area contributed by atoms with Gasteiger partial charge < -0.3 is 11.1 Å². The monoisotopic (exact) mass is 278 g/mol. The Kier molecular flexibility index (Phi) is 3.68. The number of rotatable bonds is 4. The maximum absolute atomic E-state index is 12.0. The zero-order valence-electron chi connectivity index (χ0n) is 12.0. The van der Waals surface area contributed by atoms with Crippen LogP contribution >= 0.6 is 0 Å². The first kappa shape index (κ1) is 14.0. The molecule has 9 nitrogen and oxygen atoms in total. The third kappa shape index (κ3) is 2.60. The minimum Gasteiger partial charge on any atom is -0.367 e. The number of tetrazole rings is 1. The molecule has 0 radical (unpaired) electrons. The van der Waals surface area contributed by atoms with Crippen molar-refractivity contribution in [1.29, 1.82) is 0 Å². The first-order valence-corrected chi connectivity index (χ1v) is 6.21. The van der Waals surface area contributed by atoms with Crippen LogP contribution in [0.1, 0.15) is 29.9 Å². The summed E-state index contributed by atoms with van der Waals surface area (Å²) in [5.74, 6) is -0.0966. The Balaban J connectivity index is 2.06. The molecule has 108 valence electrons. The highest BCUT2D eigenvalue weighted by molar-refractivity contribution is 5.76. The summed E-state index contributed by atoms with van der Waals surface area (Å²) in [6.45, 7) is 5.79. The molecule has 1 amide bonds. The Morgan fingerprint density at radius 3 is 2.65 bits per heavy atom. The lowest BCUT2D eigenvalue weighted by atomic mass is 10.1. The molecule has 0 aliphatic carbocycles. The number of aryl methyl sites for hydroxylation is 2. The van der Waals surface area contributed by atoms with Crippen LogP contribution in [0.4, 0.5) is 5.95 Å². The molecule has 0 saturated carbocycles. The van der Waals surface area contributed by atoms with Gasteiger partial charge >= 0.3 is 0 Å². The van der Waals surface area contributed by atoms with Gasteiger partial charge in [-0.3, -0.25) is 9.48 Å². The molecule has 2 heterocycles. The Labute approximate surface area is 116 Å². The van der Waals surface area contributed by atoms with Crippen molar-refractivity contribution >= 4 is 11.9 Å². The van der Waals surface area contributed by atoms with Gasteiger partial charge in [0.25, 0.3) is 0 Å². The fraction of sp³-hybridized carbons (Fsp3) is 0.545. The number of aromatic nitrogens is 6. The molecule has 20 heavy (non-hydrogen) atoms. The lowest BCUT2D eigenvalue weighted by Crippen LogP contribution is -2.31. The van der Waals surface area contributed by atoms with E-state index in [1.165, 1.54) is 4.68 Å². The SMILES string of the molecule is Cc1nn(C)c(C)c1[C@@H](C)NC(=O)Cn1nnnc1N. The summed E-state index contributed by atoms with van der Waals surface area (Å²) in [6.07, 6.45) is 0. The fourth-order valence-electron chi connectivity index (χ4n) is 2.24. The molecule has 0 saturated heterocycles. The average Bonchev–Trinajstić information content (AvgIpc) is 2.84. The van der Waals surface area contributed by atoms with Gasteiger partial charge in [0.2, 0.25) is 11.9 Å². The molecular formula is C11H18N8O. The summed E-state index contributed by atoms with van der Waals surface area (Å²) in [5.41, 5.74) is 8.46. The number of carbonyl (C=O) groups excluding carboxylic acids is 1. The second kappa shape index (κ2) is 5.27. The van der Waals surface area contributed by atoms with Crippen molar-refractivity contribution < 1.29 is 4.79 Å². The molecule has 0 aliphatic rings. The molecule has 0 spiro atoms. The summed E-state index contributed by atoms with van der Waals surface area (Å²) >= 11 is 0.